The number of hydrogen-bond acceptors (Lipinski definition) is 8. The monoisotopic (exact) mass is 585 g/mol. The number of halogens is 3. The quantitative estimate of drug-likeness (QED) is 0.241. The Bertz CT molecular complexity index is 1870. The third kappa shape index (κ3) is 5.53. The lowest BCUT2D eigenvalue weighted by molar-refractivity contribution is -0.153. The van der Waals surface area contributed by atoms with E-state index in [0.29, 0.717) is 43.4 Å². The summed E-state index contributed by atoms with van der Waals surface area (Å²) in [6.07, 6.45) is -4.32. The lowest BCUT2D eigenvalue weighted by Gasteiger charge is -2.15. The topological polar surface area (TPSA) is 106 Å². The number of fused-ring (bicyclic) bond motifs is 1. The zero-order valence-corrected chi connectivity index (χ0v) is 22.7. The fourth-order valence-electron chi connectivity index (χ4n) is 4.23. The second-order valence-electron chi connectivity index (χ2n) is 9.18. The minimum absolute atomic E-state index is 0.0308. The van der Waals surface area contributed by atoms with E-state index in [1.54, 1.807) is 43.3 Å². The first-order chi connectivity index (χ1) is 19.4. The molecule has 0 N–H and O–H groups in total. The zero-order valence-electron chi connectivity index (χ0n) is 21.9. The molecule has 3 heterocycles. The molecule has 0 spiro atoms. The molecule has 2 aromatic carbocycles. The highest BCUT2D eigenvalue weighted by Crippen LogP contribution is 2.36. The van der Waals surface area contributed by atoms with Gasteiger partial charge in [-0.15, -0.1) is 0 Å². The Hall–Kier alpha value is -4.65. The summed E-state index contributed by atoms with van der Waals surface area (Å²) in [7, 11) is 0.958. The van der Waals surface area contributed by atoms with Crippen LogP contribution in [0.25, 0.3) is 27.0 Å². The van der Waals surface area contributed by atoms with Gasteiger partial charge in [-0.1, -0.05) is 6.07 Å². The Morgan fingerprint density at radius 2 is 1.90 bits per heavy atom. The Morgan fingerprint density at radius 1 is 1.12 bits per heavy atom. The fourth-order valence-corrected chi connectivity index (χ4v) is 5.00. The first-order valence-corrected chi connectivity index (χ1v) is 13.0. The molecular formula is C28H22F3N3O6S. The summed E-state index contributed by atoms with van der Waals surface area (Å²) in [5, 5.41) is 0.576. The van der Waals surface area contributed by atoms with Gasteiger partial charge in [0, 0.05) is 24.1 Å². The summed E-state index contributed by atoms with van der Waals surface area (Å²) < 4.78 is 62.4. The van der Waals surface area contributed by atoms with Crippen molar-refractivity contribution < 1.29 is 31.9 Å². The van der Waals surface area contributed by atoms with Crippen LogP contribution in [0.3, 0.4) is 0 Å². The van der Waals surface area contributed by atoms with Gasteiger partial charge in [-0.05, 0) is 73.4 Å². The van der Waals surface area contributed by atoms with E-state index in [1.807, 2.05) is 6.92 Å². The number of esters is 1. The van der Waals surface area contributed by atoms with Crippen LogP contribution in [0.4, 0.5) is 13.2 Å². The number of rotatable bonds is 7. The maximum atomic E-state index is 13.3. The van der Waals surface area contributed by atoms with Crippen molar-refractivity contribution in [3.63, 3.8) is 0 Å². The molecule has 41 heavy (non-hydrogen) atoms. The second kappa shape index (κ2) is 10.7. The molecule has 212 valence electrons. The summed E-state index contributed by atoms with van der Waals surface area (Å²) in [5.41, 5.74) is -1.48. The standard InChI is InChI=1S/C28H22F3N3O6S/c1-15-6-8-18(40-16(2)26(36)39-14-19-5-4-10-38-19)12-20(15)25-21-11-17(7-9-22(21)41-32-25)34-24(35)13-23(28(29,30)31)33(3)27(34)37/h4-13,16H,14H2,1-3H3. The number of alkyl halides is 3. The highest BCUT2D eigenvalue weighted by atomic mass is 32.1. The summed E-state index contributed by atoms with van der Waals surface area (Å²) in [5.74, 6) is 0.281. The van der Waals surface area contributed by atoms with Crippen LogP contribution < -0.4 is 16.0 Å². The maximum absolute atomic E-state index is 13.3. The summed E-state index contributed by atoms with van der Waals surface area (Å²) in [6, 6.07) is 13.6. The predicted molar refractivity (Wildman–Crippen MR) is 144 cm³/mol. The van der Waals surface area contributed by atoms with Crippen molar-refractivity contribution >= 4 is 27.6 Å². The molecule has 0 saturated carbocycles. The van der Waals surface area contributed by atoms with Crippen LogP contribution in [0, 0.1) is 6.92 Å². The summed E-state index contributed by atoms with van der Waals surface area (Å²) in [4.78, 5) is 37.9. The van der Waals surface area contributed by atoms with Crippen molar-refractivity contribution in [3.05, 3.63) is 98.7 Å². The van der Waals surface area contributed by atoms with E-state index in [1.165, 1.54) is 29.9 Å². The van der Waals surface area contributed by atoms with Gasteiger partial charge in [0.15, 0.2) is 6.10 Å². The molecule has 0 aliphatic heterocycles. The number of ether oxygens (including phenoxy) is 2. The molecule has 5 aromatic rings. The lowest BCUT2D eigenvalue weighted by atomic mass is 10.0. The molecule has 0 aliphatic carbocycles. The predicted octanol–water partition coefficient (Wildman–Crippen LogP) is 5.24. The number of aromatic nitrogens is 3. The van der Waals surface area contributed by atoms with Crippen molar-refractivity contribution in [2.24, 2.45) is 7.05 Å². The van der Waals surface area contributed by atoms with Crippen molar-refractivity contribution in [1.29, 1.82) is 0 Å². The van der Waals surface area contributed by atoms with Crippen LogP contribution >= 0.6 is 11.5 Å². The number of furan rings is 1. The average molecular weight is 586 g/mol. The minimum atomic E-state index is -4.86. The van der Waals surface area contributed by atoms with Gasteiger partial charge in [-0.25, -0.2) is 14.2 Å². The number of benzene rings is 2. The van der Waals surface area contributed by atoms with Gasteiger partial charge in [0.2, 0.25) is 0 Å². The van der Waals surface area contributed by atoms with Crippen LogP contribution in [0.2, 0.25) is 0 Å². The highest BCUT2D eigenvalue weighted by Gasteiger charge is 2.35. The number of aryl methyl sites for hydroxylation is 1. The largest absolute Gasteiger partial charge is 0.479 e. The average Bonchev–Trinajstić information content (AvgIpc) is 3.60. The molecule has 1 unspecified atom stereocenters. The molecule has 0 aliphatic rings. The van der Waals surface area contributed by atoms with Gasteiger partial charge < -0.3 is 13.9 Å². The van der Waals surface area contributed by atoms with Crippen molar-refractivity contribution in [2.75, 3.05) is 0 Å². The first kappa shape index (κ1) is 27.9. The van der Waals surface area contributed by atoms with Gasteiger partial charge in [0.1, 0.15) is 23.8 Å². The molecule has 3 aromatic heterocycles. The lowest BCUT2D eigenvalue weighted by Crippen LogP contribution is -2.40. The third-order valence-electron chi connectivity index (χ3n) is 6.37. The molecule has 0 saturated heterocycles. The second-order valence-corrected chi connectivity index (χ2v) is 9.98. The van der Waals surface area contributed by atoms with Crippen LogP contribution in [0.15, 0.2) is 74.9 Å². The molecule has 1 atom stereocenters. The summed E-state index contributed by atoms with van der Waals surface area (Å²) >= 11 is 1.18. The van der Waals surface area contributed by atoms with Crippen molar-refractivity contribution in [3.8, 4) is 22.7 Å². The first-order valence-electron chi connectivity index (χ1n) is 12.2. The molecule has 13 heteroatoms. The van der Waals surface area contributed by atoms with Crippen LogP contribution in [0.5, 0.6) is 5.75 Å². The number of hydrogen-bond donors (Lipinski definition) is 0. The van der Waals surface area contributed by atoms with Crippen LogP contribution in [-0.2, 0) is 29.4 Å². The fraction of sp³-hybridized carbons (Fsp3) is 0.214. The third-order valence-corrected chi connectivity index (χ3v) is 7.19. The molecule has 0 radical (unpaired) electrons. The Morgan fingerprint density at radius 3 is 2.61 bits per heavy atom. The van der Waals surface area contributed by atoms with E-state index in [0.717, 1.165) is 17.3 Å². The highest BCUT2D eigenvalue weighted by molar-refractivity contribution is 7.13. The maximum Gasteiger partial charge on any atom is 0.431 e. The number of carbonyl (C=O) groups is 1. The molecular weight excluding hydrogens is 563 g/mol. The molecule has 0 fully saturated rings. The van der Waals surface area contributed by atoms with Crippen molar-refractivity contribution in [2.45, 2.75) is 32.7 Å². The van der Waals surface area contributed by atoms with Crippen LogP contribution in [-0.4, -0.2) is 25.6 Å². The molecule has 0 amide bonds. The molecule has 5 rings (SSSR count). The van der Waals surface area contributed by atoms with Crippen LogP contribution in [0.1, 0.15) is 23.9 Å². The Kier molecular flexibility index (Phi) is 7.30. The van der Waals surface area contributed by atoms with E-state index in [-0.39, 0.29) is 12.3 Å². The van der Waals surface area contributed by atoms with Crippen molar-refractivity contribution in [1.82, 2.24) is 13.5 Å². The van der Waals surface area contributed by atoms with E-state index >= 15 is 0 Å². The zero-order chi connectivity index (χ0) is 29.5. The van der Waals surface area contributed by atoms with E-state index in [4.69, 9.17) is 13.9 Å². The van der Waals surface area contributed by atoms with Gasteiger partial charge in [-0.2, -0.15) is 17.5 Å². The van der Waals surface area contributed by atoms with Gasteiger partial charge in [0.25, 0.3) is 5.56 Å². The molecule has 9 nitrogen and oxygen atoms in total. The van der Waals surface area contributed by atoms with E-state index in [2.05, 4.69) is 4.37 Å². The number of nitrogens with zero attached hydrogens (tertiary/aromatic N) is 3. The smallest absolute Gasteiger partial charge is 0.431 e. The normalized spacial score (nSPS) is 12.4. The van der Waals surface area contributed by atoms with Gasteiger partial charge in [0.05, 0.1) is 22.3 Å². The Labute approximate surface area is 234 Å². The minimum Gasteiger partial charge on any atom is -0.479 e. The molecule has 0 bridgehead atoms. The van der Waals surface area contributed by atoms with E-state index in [9.17, 15) is 27.6 Å². The van der Waals surface area contributed by atoms with Gasteiger partial charge in [-0.3, -0.25) is 9.36 Å². The number of carbonyl (C=O) groups excluding carboxylic acids is 1. The SMILES string of the molecule is Cc1ccc(OC(C)C(=O)OCc2ccco2)cc1-c1nsc2ccc(-n3c(=O)cc(C(F)(F)F)n(C)c3=O)cc12. The summed E-state index contributed by atoms with van der Waals surface area (Å²) in [6.45, 7) is 3.37. The Balaban J connectivity index is 1.47. The van der Waals surface area contributed by atoms with Gasteiger partial charge >= 0.3 is 17.8 Å². The van der Waals surface area contributed by atoms with E-state index < -0.39 is 35.2 Å².